The number of rotatable bonds is 5. The third-order valence-electron chi connectivity index (χ3n) is 3.53. The molecular formula is C15H15N5O3S. The molecule has 4 N–H and O–H groups in total. The number of hydrogen-bond acceptors (Lipinski definition) is 5. The van der Waals surface area contributed by atoms with Crippen molar-refractivity contribution in [2.24, 2.45) is 5.14 Å². The summed E-state index contributed by atoms with van der Waals surface area (Å²) in [5.41, 5.74) is 2.72. The summed E-state index contributed by atoms with van der Waals surface area (Å²) in [7, 11) is -3.69. The number of fused-ring (bicyclic) bond motifs is 1. The molecule has 9 heteroatoms. The Balaban J connectivity index is 1.58. The van der Waals surface area contributed by atoms with E-state index in [4.69, 9.17) is 5.14 Å². The van der Waals surface area contributed by atoms with Crippen LogP contribution in [0.4, 0.5) is 0 Å². The van der Waals surface area contributed by atoms with Crippen LogP contribution in [0.1, 0.15) is 15.9 Å². The fraction of sp³-hybridized carbons (Fsp3) is 0.133. The lowest BCUT2D eigenvalue weighted by atomic mass is 10.1. The number of aromatic amines is 1. The molecule has 0 aliphatic carbocycles. The minimum absolute atomic E-state index is 0.0659. The number of H-pyrrole nitrogens is 1. The summed E-state index contributed by atoms with van der Waals surface area (Å²) in [6.45, 7) is 0.421. The summed E-state index contributed by atoms with van der Waals surface area (Å²) in [6, 6.07) is 11.3. The molecule has 2 aromatic carbocycles. The Morgan fingerprint density at radius 1 is 1.08 bits per heavy atom. The van der Waals surface area contributed by atoms with Gasteiger partial charge in [-0.3, -0.25) is 4.79 Å². The summed E-state index contributed by atoms with van der Waals surface area (Å²) >= 11 is 0. The first-order chi connectivity index (χ1) is 11.4. The van der Waals surface area contributed by atoms with E-state index < -0.39 is 10.0 Å². The Kier molecular flexibility index (Phi) is 4.28. The lowest BCUT2D eigenvalue weighted by Gasteiger charge is -2.06. The number of hydrogen-bond donors (Lipinski definition) is 3. The van der Waals surface area contributed by atoms with Crippen molar-refractivity contribution in [1.29, 1.82) is 0 Å². The molecule has 0 bridgehead atoms. The molecule has 1 amide bonds. The molecule has 0 radical (unpaired) electrons. The summed E-state index contributed by atoms with van der Waals surface area (Å²) < 4.78 is 22.4. The third-order valence-corrected chi connectivity index (χ3v) is 4.46. The molecule has 3 aromatic rings. The van der Waals surface area contributed by atoms with Crippen LogP contribution in [0, 0.1) is 0 Å². The van der Waals surface area contributed by atoms with Crippen molar-refractivity contribution in [3.63, 3.8) is 0 Å². The van der Waals surface area contributed by atoms with E-state index in [1.165, 1.54) is 12.1 Å². The highest BCUT2D eigenvalue weighted by atomic mass is 32.2. The molecule has 0 spiro atoms. The van der Waals surface area contributed by atoms with Crippen molar-refractivity contribution < 1.29 is 13.2 Å². The maximum absolute atomic E-state index is 12.1. The fourth-order valence-electron chi connectivity index (χ4n) is 2.25. The number of sulfonamides is 1. The van der Waals surface area contributed by atoms with Gasteiger partial charge < -0.3 is 5.32 Å². The first kappa shape index (κ1) is 16.1. The van der Waals surface area contributed by atoms with Gasteiger partial charge in [-0.05, 0) is 42.3 Å². The molecule has 0 aliphatic rings. The van der Waals surface area contributed by atoms with Crippen molar-refractivity contribution in [2.75, 3.05) is 6.54 Å². The lowest BCUT2D eigenvalue weighted by molar-refractivity contribution is 0.0954. The Bertz CT molecular complexity index is 980. The quantitative estimate of drug-likeness (QED) is 0.622. The number of benzene rings is 2. The number of nitrogens with zero attached hydrogens (tertiary/aromatic N) is 2. The van der Waals surface area contributed by atoms with Crippen LogP contribution in [0.2, 0.25) is 0 Å². The number of nitrogens with two attached hydrogens (primary N) is 1. The van der Waals surface area contributed by atoms with Crippen LogP contribution in [0.5, 0.6) is 0 Å². The van der Waals surface area contributed by atoms with Crippen molar-refractivity contribution in [3.05, 3.63) is 53.6 Å². The van der Waals surface area contributed by atoms with Gasteiger partial charge in [0.25, 0.3) is 5.91 Å². The zero-order chi connectivity index (χ0) is 17.2. The van der Waals surface area contributed by atoms with Gasteiger partial charge in [0.1, 0.15) is 11.0 Å². The third kappa shape index (κ3) is 3.58. The average molecular weight is 345 g/mol. The second-order valence-corrected chi connectivity index (χ2v) is 6.78. The normalized spacial score (nSPS) is 11.5. The molecule has 0 fully saturated rings. The second kappa shape index (κ2) is 6.38. The minimum atomic E-state index is -3.69. The van der Waals surface area contributed by atoms with Crippen molar-refractivity contribution in [3.8, 4) is 0 Å². The summed E-state index contributed by atoms with van der Waals surface area (Å²) in [4.78, 5) is 12.2. The number of carbonyl (C=O) groups excluding carboxylic acids is 1. The minimum Gasteiger partial charge on any atom is -0.352 e. The molecule has 0 atom stereocenters. The van der Waals surface area contributed by atoms with Gasteiger partial charge in [0.05, 0.1) is 4.90 Å². The number of carbonyl (C=O) groups is 1. The van der Waals surface area contributed by atoms with E-state index >= 15 is 0 Å². The van der Waals surface area contributed by atoms with Crippen LogP contribution in [0.3, 0.4) is 0 Å². The number of aromatic nitrogens is 3. The molecular weight excluding hydrogens is 330 g/mol. The van der Waals surface area contributed by atoms with Crippen molar-refractivity contribution in [2.45, 2.75) is 11.3 Å². The molecule has 1 heterocycles. The summed E-state index contributed by atoms with van der Waals surface area (Å²) in [5, 5.41) is 18.2. The zero-order valence-electron chi connectivity index (χ0n) is 12.6. The van der Waals surface area contributed by atoms with E-state index in [0.29, 0.717) is 29.6 Å². The molecule has 0 saturated carbocycles. The first-order valence-corrected chi connectivity index (χ1v) is 8.68. The zero-order valence-corrected chi connectivity index (χ0v) is 13.4. The van der Waals surface area contributed by atoms with Crippen LogP contribution in [-0.4, -0.2) is 36.3 Å². The SMILES string of the molecule is NS(=O)(=O)c1ccc(CCNC(=O)c2ccc3n[nH]nc3c2)cc1. The smallest absolute Gasteiger partial charge is 0.251 e. The first-order valence-electron chi connectivity index (χ1n) is 7.14. The van der Waals surface area contributed by atoms with E-state index in [9.17, 15) is 13.2 Å². The molecule has 0 unspecified atom stereocenters. The van der Waals surface area contributed by atoms with Crippen LogP contribution in [-0.2, 0) is 16.4 Å². The number of amides is 1. The number of nitrogens with one attached hydrogen (secondary N) is 2. The van der Waals surface area contributed by atoms with Crippen molar-refractivity contribution >= 4 is 27.0 Å². The standard InChI is InChI=1S/C15H15N5O3S/c16-24(22,23)12-4-1-10(2-5-12)7-8-17-15(21)11-3-6-13-14(9-11)19-20-18-13/h1-6,9H,7-8H2,(H,17,21)(H2,16,22,23)(H,18,19,20). The van der Waals surface area contributed by atoms with Gasteiger partial charge in [0.15, 0.2) is 0 Å². The number of primary sulfonamides is 1. The molecule has 24 heavy (non-hydrogen) atoms. The molecule has 3 rings (SSSR count). The second-order valence-electron chi connectivity index (χ2n) is 5.22. The van der Waals surface area contributed by atoms with Gasteiger partial charge in [-0.1, -0.05) is 12.1 Å². The Labute approximate surface area is 138 Å². The predicted molar refractivity (Wildman–Crippen MR) is 87.7 cm³/mol. The fourth-order valence-corrected chi connectivity index (χ4v) is 2.77. The van der Waals surface area contributed by atoms with E-state index in [0.717, 1.165) is 5.56 Å². The van der Waals surface area contributed by atoms with Gasteiger partial charge in [-0.25, -0.2) is 13.6 Å². The highest BCUT2D eigenvalue weighted by Crippen LogP contribution is 2.11. The van der Waals surface area contributed by atoms with Crippen LogP contribution in [0.15, 0.2) is 47.4 Å². The van der Waals surface area contributed by atoms with E-state index in [1.54, 1.807) is 30.3 Å². The van der Waals surface area contributed by atoms with Crippen LogP contribution >= 0.6 is 0 Å². The Morgan fingerprint density at radius 3 is 2.50 bits per heavy atom. The monoisotopic (exact) mass is 345 g/mol. The summed E-state index contributed by atoms with van der Waals surface area (Å²) in [6.07, 6.45) is 0.572. The maximum Gasteiger partial charge on any atom is 0.251 e. The highest BCUT2D eigenvalue weighted by molar-refractivity contribution is 7.89. The Hall–Kier alpha value is -2.78. The van der Waals surface area contributed by atoms with Crippen LogP contribution in [0.25, 0.3) is 11.0 Å². The van der Waals surface area contributed by atoms with E-state index in [2.05, 4.69) is 20.7 Å². The maximum atomic E-state index is 12.1. The van der Waals surface area contributed by atoms with Gasteiger partial charge in [0.2, 0.25) is 10.0 Å². The van der Waals surface area contributed by atoms with Gasteiger partial charge in [-0.2, -0.15) is 15.4 Å². The molecule has 1 aromatic heterocycles. The largest absolute Gasteiger partial charge is 0.352 e. The van der Waals surface area contributed by atoms with E-state index in [-0.39, 0.29) is 10.8 Å². The highest BCUT2D eigenvalue weighted by Gasteiger charge is 2.09. The lowest BCUT2D eigenvalue weighted by Crippen LogP contribution is -2.25. The molecule has 0 saturated heterocycles. The van der Waals surface area contributed by atoms with Gasteiger partial charge in [-0.15, -0.1) is 0 Å². The average Bonchev–Trinajstić information content (AvgIpc) is 3.02. The summed E-state index contributed by atoms with van der Waals surface area (Å²) in [5.74, 6) is -0.207. The molecule has 8 nitrogen and oxygen atoms in total. The molecule has 124 valence electrons. The van der Waals surface area contributed by atoms with Crippen LogP contribution < -0.4 is 10.5 Å². The van der Waals surface area contributed by atoms with Gasteiger partial charge >= 0.3 is 0 Å². The van der Waals surface area contributed by atoms with Gasteiger partial charge in [0, 0.05) is 12.1 Å². The van der Waals surface area contributed by atoms with Crippen molar-refractivity contribution in [1.82, 2.24) is 20.7 Å². The van der Waals surface area contributed by atoms with E-state index in [1.807, 2.05) is 0 Å². The Morgan fingerprint density at radius 2 is 1.79 bits per heavy atom. The topological polar surface area (TPSA) is 131 Å². The molecule has 0 aliphatic heterocycles. The predicted octanol–water partition coefficient (Wildman–Crippen LogP) is 0.578.